The number of rotatable bonds is 4. The van der Waals surface area contributed by atoms with Gasteiger partial charge in [0.05, 0.1) is 0 Å². The first-order valence-electron chi connectivity index (χ1n) is 8.09. The van der Waals surface area contributed by atoms with Crippen LogP contribution in [-0.2, 0) is 0 Å². The molecule has 112 valence electrons. The highest BCUT2D eigenvalue weighted by Crippen LogP contribution is 2.32. The fourth-order valence-electron chi connectivity index (χ4n) is 2.93. The Labute approximate surface area is 129 Å². The molecule has 0 radical (unpaired) electrons. The Hall–Kier alpha value is -1.60. The summed E-state index contributed by atoms with van der Waals surface area (Å²) in [6, 6.07) is 8.98. The quantitative estimate of drug-likeness (QED) is 0.762. The maximum Gasteiger partial charge on any atom is -0.00111 e. The second-order valence-electron chi connectivity index (χ2n) is 5.66. The minimum Gasteiger partial charge on any atom is -0.316 e. The van der Waals surface area contributed by atoms with Crippen molar-refractivity contribution < 1.29 is 0 Å². The summed E-state index contributed by atoms with van der Waals surface area (Å²) in [5, 5.41) is 3.46. The van der Waals surface area contributed by atoms with E-state index >= 15 is 0 Å². The van der Waals surface area contributed by atoms with Gasteiger partial charge in [-0.15, -0.1) is 0 Å². The molecular weight excluding hydrogens is 254 g/mol. The summed E-state index contributed by atoms with van der Waals surface area (Å²) < 4.78 is 0. The van der Waals surface area contributed by atoms with Crippen molar-refractivity contribution in [2.75, 3.05) is 13.1 Å². The summed E-state index contributed by atoms with van der Waals surface area (Å²) in [5.74, 6) is 0. The van der Waals surface area contributed by atoms with Crippen LogP contribution in [0.3, 0.4) is 0 Å². The van der Waals surface area contributed by atoms with Crippen LogP contribution in [0.2, 0.25) is 0 Å². The third kappa shape index (κ3) is 4.18. The lowest BCUT2D eigenvalue weighted by atomic mass is 9.87. The smallest absolute Gasteiger partial charge is 0.00111 e. The zero-order chi connectivity index (χ0) is 15.1. The van der Waals surface area contributed by atoms with Crippen molar-refractivity contribution in [3.05, 3.63) is 64.8 Å². The van der Waals surface area contributed by atoms with Crippen molar-refractivity contribution in [2.45, 2.75) is 40.0 Å². The molecule has 1 aliphatic rings. The van der Waals surface area contributed by atoms with Crippen LogP contribution in [0.4, 0.5) is 0 Å². The Kier molecular flexibility index (Phi) is 6.01. The second-order valence-corrected chi connectivity index (χ2v) is 5.66. The summed E-state index contributed by atoms with van der Waals surface area (Å²) in [5.41, 5.74) is 7.10. The first kappa shape index (κ1) is 15.8. The zero-order valence-electron chi connectivity index (χ0n) is 13.6. The highest BCUT2D eigenvalue weighted by atomic mass is 14.9. The standard InChI is InChI=1S/C20H27N/c1-4-6-17(7-5-2)20(19-12-14-21-15-13-19)18-10-8-16(3)9-11-18/h4,6-11,21H,5,12-15H2,1-3H3/b6-4-,17-7+. The third-order valence-electron chi connectivity index (χ3n) is 3.96. The van der Waals surface area contributed by atoms with Gasteiger partial charge in [-0.1, -0.05) is 60.6 Å². The van der Waals surface area contributed by atoms with E-state index < -0.39 is 0 Å². The van der Waals surface area contributed by atoms with Gasteiger partial charge in [0.2, 0.25) is 0 Å². The van der Waals surface area contributed by atoms with E-state index in [4.69, 9.17) is 0 Å². The monoisotopic (exact) mass is 281 g/mol. The summed E-state index contributed by atoms with van der Waals surface area (Å²) >= 11 is 0. The first-order valence-corrected chi connectivity index (χ1v) is 8.09. The molecule has 21 heavy (non-hydrogen) atoms. The summed E-state index contributed by atoms with van der Waals surface area (Å²) in [4.78, 5) is 0. The van der Waals surface area contributed by atoms with Crippen molar-refractivity contribution in [2.24, 2.45) is 0 Å². The number of hydrogen-bond acceptors (Lipinski definition) is 1. The molecule has 0 saturated carbocycles. The summed E-state index contributed by atoms with van der Waals surface area (Å²) in [6.07, 6.45) is 10.1. The van der Waals surface area contributed by atoms with Crippen LogP contribution in [0.15, 0.2) is 53.6 Å². The molecule has 1 nitrogen and oxygen atoms in total. The molecule has 2 rings (SSSR count). The lowest BCUT2D eigenvalue weighted by molar-refractivity contribution is 0.611. The number of nitrogens with one attached hydrogen (secondary N) is 1. The average molecular weight is 281 g/mol. The van der Waals surface area contributed by atoms with E-state index in [9.17, 15) is 0 Å². The predicted molar refractivity (Wildman–Crippen MR) is 93.4 cm³/mol. The largest absolute Gasteiger partial charge is 0.316 e. The molecule has 0 amide bonds. The van der Waals surface area contributed by atoms with Crippen LogP contribution >= 0.6 is 0 Å². The third-order valence-corrected chi connectivity index (χ3v) is 3.96. The van der Waals surface area contributed by atoms with Gasteiger partial charge < -0.3 is 5.32 Å². The van der Waals surface area contributed by atoms with Gasteiger partial charge in [-0.25, -0.2) is 0 Å². The van der Waals surface area contributed by atoms with Gasteiger partial charge in [-0.2, -0.15) is 0 Å². The Morgan fingerprint density at radius 1 is 1.14 bits per heavy atom. The fraction of sp³-hybridized carbons (Fsp3) is 0.400. The van der Waals surface area contributed by atoms with Crippen molar-refractivity contribution in [1.29, 1.82) is 0 Å². The summed E-state index contributed by atoms with van der Waals surface area (Å²) in [7, 11) is 0. The number of aryl methyl sites for hydroxylation is 1. The molecule has 0 atom stereocenters. The van der Waals surface area contributed by atoms with E-state index in [1.807, 2.05) is 0 Å². The van der Waals surface area contributed by atoms with E-state index in [1.165, 1.54) is 22.3 Å². The Bertz CT molecular complexity index is 536. The van der Waals surface area contributed by atoms with E-state index in [0.29, 0.717) is 0 Å². The minimum atomic E-state index is 1.07. The van der Waals surface area contributed by atoms with Gasteiger partial charge in [-0.3, -0.25) is 0 Å². The molecule has 1 heterocycles. The molecule has 1 aliphatic heterocycles. The van der Waals surface area contributed by atoms with Crippen LogP contribution in [0.25, 0.3) is 5.57 Å². The van der Waals surface area contributed by atoms with Crippen LogP contribution in [0, 0.1) is 6.92 Å². The van der Waals surface area contributed by atoms with E-state index in [0.717, 1.165) is 32.4 Å². The maximum atomic E-state index is 3.46. The van der Waals surface area contributed by atoms with Gasteiger partial charge in [0, 0.05) is 0 Å². The Morgan fingerprint density at radius 3 is 2.38 bits per heavy atom. The van der Waals surface area contributed by atoms with Crippen LogP contribution < -0.4 is 5.32 Å². The van der Waals surface area contributed by atoms with Gasteiger partial charge in [0.15, 0.2) is 0 Å². The Balaban J connectivity index is 2.52. The molecule has 1 N–H and O–H groups in total. The van der Waals surface area contributed by atoms with E-state index in [2.05, 4.69) is 68.6 Å². The van der Waals surface area contributed by atoms with Crippen molar-refractivity contribution >= 4 is 5.57 Å². The maximum absolute atomic E-state index is 3.46. The van der Waals surface area contributed by atoms with Crippen molar-refractivity contribution in [3.63, 3.8) is 0 Å². The molecule has 0 unspecified atom stereocenters. The molecule has 0 bridgehead atoms. The van der Waals surface area contributed by atoms with E-state index in [-0.39, 0.29) is 0 Å². The van der Waals surface area contributed by atoms with Gasteiger partial charge in [0.1, 0.15) is 0 Å². The molecule has 0 spiro atoms. The molecule has 0 aromatic heterocycles. The predicted octanol–water partition coefficient (Wildman–Crippen LogP) is 5.04. The normalized spacial score (nSPS) is 16.5. The number of piperidine rings is 1. The average Bonchev–Trinajstić information content (AvgIpc) is 2.51. The van der Waals surface area contributed by atoms with Gasteiger partial charge >= 0.3 is 0 Å². The molecule has 0 aliphatic carbocycles. The van der Waals surface area contributed by atoms with Crippen molar-refractivity contribution in [3.8, 4) is 0 Å². The molecular formula is C20H27N. The number of allylic oxidation sites excluding steroid dienone is 5. The molecule has 1 heteroatoms. The highest BCUT2D eigenvalue weighted by Gasteiger charge is 2.14. The molecule has 1 saturated heterocycles. The first-order chi connectivity index (χ1) is 10.3. The Morgan fingerprint density at radius 2 is 1.81 bits per heavy atom. The summed E-state index contributed by atoms with van der Waals surface area (Å²) in [6.45, 7) is 8.66. The minimum absolute atomic E-state index is 1.07. The SMILES string of the molecule is C/C=C\C(=C/CC)C(=C1CCNCC1)c1ccc(C)cc1. The molecule has 1 aromatic rings. The molecule has 1 fully saturated rings. The topological polar surface area (TPSA) is 12.0 Å². The zero-order valence-corrected chi connectivity index (χ0v) is 13.6. The van der Waals surface area contributed by atoms with Gasteiger partial charge in [0.25, 0.3) is 0 Å². The molecule has 1 aromatic carbocycles. The van der Waals surface area contributed by atoms with Crippen LogP contribution in [0.5, 0.6) is 0 Å². The lowest BCUT2D eigenvalue weighted by Crippen LogP contribution is -2.23. The van der Waals surface area contributed by atoms with Crippen LogP contribution in [0.1, 0.15) is 44.2 Å². The number of hydrogen-bond donors (Lipinski definition) is 1. The second kappa shape index (κ2) is 7.99. The highest BCUT2D eigenvalue weighted by molar-refractivity contribution is 5.84. The fourth-order valence-corrected chi connectivity index (χ4v) is 2.93. The van der Waals surface area contributed by atoms with E-state index in [1.54, 1.807) is 5.57 Å². The number of benzene rings is 1. The van der Waals surface area contributed by atoms with Crippen molar-refractivity contribution in [1.82, 2.24) is 5.32 Å². The lowest BCUT2D eigenvalue weighted by Gasteiger charge is -2.22. The van der Waals surface area contributed by atoms with Gasteiger partial charge in [-0.05, 0) is 62.9 Å². The van der Waals surface area contributed by atoms with Crippen LogP contribution in [-0.4, -0.2) is 13.1 Å².